The predicted molar refractivity (Wildman–Crippen MR) is 102 cm³/mol. The number of nitrogens with one attached hydrogen (secondary N) is 2. The van der Waals surface area contributed by atoms with Crippen LogP contribution in [0.3, 0.4) is 0 Å². The Kier molecular flexibility index (Phi) is 6.63. The maximum atomic E-state index is 12.0. The van der Waals surface area contributed by atoms with Crippen molar-refractivity contribution >= 4 is 11.6 Å². The van der Waals surface area contributed by atoms with Crippen LogP contribution in [0.15, 0.2) is 48.5 Å². The van der Waals surface area contributed by atoms with E-state index in [-0.39, 0.29) is 12.5 Å². The van der Waals surface area contributed by atoms with Crippen LogP contribution in [-0.2, 0) is 16.1 Å². The van der Waals surface area contributed by atoms with E-state index >= 15 is 0 Å². The number of ether oxygens (including phenoxy) is 2. The first-order valence-corrected chi connectivity index (χ1v) is 9.09. The Balaban J connectivity index is 1.42. The Hall–Kier alpha value is -2.37. The highest BCUT2D eigenvalue weighted by molar-refractivity contribution is 5.91. The number of aryl methyl sites for hydroxylation is 1. The van der Waals surface area contributed by atoms with Crippen molar-refractivity contribution in [1.29, 1.82) is 0 Å². The van der Waals surface area contributed by atoms with Crippen molar-refractivity contribution in [1.82, 2.24) is 5.32 Å². The van der Waals surface area contributed by atoms with Gasteiger partial charge in [-0.25, -0.2) is 0 Å². The van der Waals surface area contributed by atoms with Gasteiger partial charge in [-0.3, -0.25) is 4.79 Å². The van der Waals surface area contributed by atoms with E-state index in [9.17, 15) is 4.79 Å². The molecular formula is C21H26N2O3. The topological polar surface area (TPSA) is 59.6 Å². The van der Waals surface area contributed by atoms with Crippen molar-refractivity contribution in [3.05, 3.63) is 59.7 Å². The van der Waals surface area contributed by atoms with Gasteiger partial charge in [0.15, 0.2) is 6.61 Å². The zero-order chi connectivity index (χ0) is 18.2. The molecule has 1 heterocycles. The molecule has 1 aliphatic rings. The summed E-state index contributed by atoms with van der Waals surface area (Å²) in [5, 5.41) is 6.24. The first-order valence-electron chi connectivity index (χ1n) is 9.09. The maximum Gasteiger partial charge on any atom is 0.262 e. The summed E-state index contributed by atoms with van der Waals surface area (Å²) in [6, 6.07) is 15.5. The van der Waals surface area contributed by atoms with Crippen molar-refractivity contribution < 1.29 is 14.3 Å². The van der Waals surface area contributed by atoms with Crippen LogP contribution in [0.1, 0.15) is 24.0 Å². The third-order valence-corrected chi connectivity index (χ3v) is 4.33. The molecule has 0 saturated carbocycles. The van der Waals surface area contributed by atoms with Crippen molar-refractivity contribution in [2.45, 2.75) is 32.4 Å². The number of benzene rings is 2. The summed E-state index contributed by atoms with van der Waals surface area (Å²) < 4.78 is 11.2. The quantitative estimate of drug-likeness (QED) is 0.764. The molecule has 3 rings (SSSR count). The van der Waals surface area contributed by atoms with E-state index in [0.29, 0.717) is 11.9 Å². The van der Waals surface area contributed by atoms with Crippen LogP contribution in [0, 0.1) is 6.92 Å². The van der Waals surface area contributed by atoms with E-state index in [1.807, 2.05) is 55.5 Å². The average Bonchev–Trinajstić information content (AvgIpc) is 3.16. The number of carbonyl (C=O) groups excluding carboxylic acids is 1. The fourth-order valence-electron chi connectivity index (χ4n) is 2.91. The predicted octanol–water partition coefficient (Wildman–Crippen LogP) is 3.28. The fourth-order valence-corrected chi connectivity index (χ4v) is 2.91. The molecule has 1 aliphatic heterocycles. The molecule has 0 spiro atoms. The van der Waals surface area contributed by atoms with Crippen molar-refractivity contribution in [3.63, 3.8) is 0 Å². The number of anilines is 1. The smallest absolute Gasteiger partial charge is 0.262 e. The minimum absolute atomic E-state index is 0.0132. The largest absolute Gasteiger partial charge is 0.484 e. The highest BCUT2D eigenvalue weighted by atomic mass is 16.5. The molecule has 0 aromatic heterocycles. The molecule has 1 atom stereocenters. The molecule has 26 heavy (non-hydrogen) atoms. The molecular weight excluding hydrogens is 328 g/mol. The number of hydrogen-bond acceptors (Lipinski definition) is 4. The average molecular weight is 354 g/mol. The van der Waals surface area contributed by atoms with Crippen LogP contribution in [0.25, 0.3) is 0 Å². The molecule has 1 fully saturated rings. The molecule has 2 N–H and O–H groups in total. The Labute approximate surface area is 154 Å². The van der Waals surface area contributed by atoms with Gasteiger partial charge in [0.05, 0.1) is 6.10 Å². The van der Waals surface area contributed by atoms with E-state index < -0.39 is 0 Å². The first kappa shape index (κ1) is 18.4. The molecule has 0 aliphatic carbocycles. The highest BCUT2D eigenvalue weighted by Gasteiger charge is 2.14. The summed E-state index contributed by atoms with van der Waals surface area (Å²) in [7, 11) is 0. The molecule has 2 aromatic rings. The molecule has 5 heteroatoms. The van der Waals surface area contributed by atoms with Crippen LogP contribution in [0.2, 0.25) is 0 Å². The second-order valence-corrected chi connectivity index (χ2v) is 6.62. The molecule has 0 unspecified atom stereocenters. The monoisotopic (exact) mass is 354 g/mol. The zero-order valence-electron chi connectivity index (χ0n) is 15.2. The van der Waals surface area contributed by atoms with E-state index in [4.69, 9.17) is 9.47 Å². The number of carbonyl (C=O) groups is 1. The molecule has 1 saturated heterocycles. The van der Waals surface area contributed by atoms with Gasteiger partial charge in [-0.05, 0) is 49.6 Å². The summed E-state index contributed by atoms with van der Waals surface area (Å²) in [4.78, 5) is 12.0. The van der Waals surface area contributed by atoms with Crippen LogP contribution >= 0.6 is 0 Å². The zero-order valence-corrected chi connectivity index (χ0v) is 15.2. The molecule has 0 radical (unpaired) electrons. The molecule has 2 aromatic carbocycles. The second-order valence-electron chi connectivity index (χ2n) is 6.62. The minimum atomic E-state index is -0.171. The van der Waals surface area contributed by atoms with Gasteiger partial charge >= 0.3 is 0 Å². The van der Waals surface area contributed by atoms with Gasteiger partial charge in [0.25, 0.3) is 5.91 Å². The SMILES string of the molecule is Cc1ccc(NC(=O)COc2cccc(CNC[C@@H]3CCCO3)c2)cc1. The van der Waals surface area contributed by atoms with Crippen molar-refractivity contribution in [3.8, 4) is 5.75 Å². The summed E-state index contributed by atoms with van der Waals surface area (Å²) in [6.07, 6.45) is 2.62. The van der Waals surface area contributed by atoms with Gasteiger partial charge in [-0.15, -0.1) is 0 Å². The van der Waals surface area contributed by atoms with Gasteiger partial charge in [0.1, 0.15) is 5.75 Å². The van der Waals surface area contributed by atoms with Crippen molar-refractivity contribution in [2.24, 2.45) is 0 Å². The fraction of sp³-hybridized carbons (Fsp3) is 0.381. The molecule has 138 valence electrons. The van der Waals surface area contributed by atoms with E-state index in [2.05, 4.69) is 10.6 Å². The first-order chi connectivity index (χ1) is 12.7. The van der Waals surface area contributed by atoms with Crippen LogP contribution in [-0.4, -0.2) is 31.8 Å². The number of amides is 1. The van der Waals surface area contributed by atoms with Crippen LogP contribution < -0.4 is 15.4 Å². The van der Waals surface area contributed by atoms with Gasteiger partial charge in [0.2, 0.25) is 0 Å². The second kappa shape index (κ2) is 9.36. The number of hydrogen-bond donors (Lipinski definition) is 2. The standard InChI is InChI=1S/C21H26N2O3/c1-16-7-9-18(10-8-16)23-21(24)15-26-19-5-2-4-17(12-19)13-22-14-20-6-3-11-25-20/h2,4-5,7-10,12,20,22H,3,6,11,13-15H2,1H3,(H,23,24)/t20-/m0/s1. The Morgan fingerprint density at radius 2 is 2.08 bits per heavy atom. The molecule has 5 nitrogen and oxygen atoms in total. The molecule has 0 bridgehead atoms. The maximum absolute atomic E-state index is 12.0. The normalized spacial score (nSPS) is 16.4. The third kappa shape index (κ3) is 5.86. The Morgan fingerprint density at radius 3 is 2.85 bits per heavy atom. The third-order valence-electron chi connectivity index (χ3n) is 4.33. The van der Waals surface area contributed by atoms with Gasteiger partial charge in [0, 0.05) is 25.4 Å². The van der Waals surface area contributed by atoms with E-state index in [1.54, 1.807) is 0 Å². The Morgan fingerprint density at radius 1 is 1.23 bits per heavy atom. The highest BCUT2D eigenvalue weighted by Crippen LogP contribution is 2.15. The summed E-state index contributed by atoms with van der Waals surface area (Å²) in [6.45, 7) is 4.50. The summed E-state index contributed by atoms with van der Waals surface area (Å²) >= 11 is 0. The van der Waals surface area contributed by atoms with Crippen molar-refractivity contribution in [2.75, 3.05) is 25.1 Å². The van der Waals surface area contributed by atoms with Crippen LogP contribution in [0.4, 0.5) is 5.69 Å². The Bertz CT molecular complexity index is 709. The number of rotatable bonds is 8. The van der Waals surface area contributed by atoms with E-state index in [1.165, 1.54) is 0 Å². The minimum Gasteiger partial charge on any atom is -0.484 e. The van der Waals surface area contributed by atoms with Gasteiger partial charge in [-0.2, -0.15) is 0 Å². The lowest BCUT2D eigenvalue weighted by Gasteiger charge is -2.12. The molecule has 1 amide bonds. The lowest BCUT2D eigenvalue weighted by molar-refractivity contribution is -0.118. The van der Waals surface area contributed by atoms with Gasteiger partial charge in [-0.1, -0.05) is 29.8 Å². The lowest BCUT2D eigenvalue weighted by Crippen LogP contribution is -2.25. The summed E-state index contributed by atoms with van der Waals surface area (Å²) in [5.41, 5.74) is 3.06. The van der Waals surface area contributed by atoms with Gasteiger partial charge < -0.3 is 20.1 Å². The van der Waals surface area contributed by atoms with E-state index in [0.717, 1.165) is 49.4 Å². The lowest BCUT2D eigenvalue weighted by atomic mass is 10.2. The summed E-state index contributed by atoms with van der Waals surface area (Å²) in [5.74, 6) is 0.524. The van der Waals surface area contributed by atoms with Crippen LogP contribution in [0.5, 0.6) is 5.75 Å².